The van der Waals surface area contributed by atoms with Gasteiger partial charge in [0.1, 0.15) is 32.0 Å². The largest absolute Gasteiger partial charge is 0.461 e. The Balaban J connectivity index is 5.00. The lowest BCUT2D eigenvalue weighted by Crippen LogP contribution is -2.46. The zero-order valence-corrected chi connectivity index (χ0v) is 27.7. The number of alkyl carbamates (subject to hydrolysis) is 2. The van der Waals surface area contributed by atoms with E-state index in [-0.39, 0.29) is 75.8 Å². The second kappa shape index (κ2) is 23.4. The number of nitrogens with zero attached hydrogens (tertiary/aromatic N) is 1. The molecule has 262 valence electrons. The minimum absolute atomic E-state index is 0.00683. The molecule has 16 heteroatoms. The van der Waals surface area contributed by atoms with E-state index in [0.29, 0.717) is 0 Å². The van der Waals surface area contributed by atoms with Crippen molar-refractivity contribution in [2.75, 3.05) is 59.1 Å². The number of aliphatic hydroxyl groups excluding tert-OH is 1. The van der Waals surface area contributed by atoms with Crippen LogP contribution in [-0.2, 0) is 42.8 Å². The number of hydrogen-bond donors (Lipinski definition) is 4. The summed E-state index contributed by atoms with van der Waals surface area (Å²) < 4.78 is 31.2. The minimum Gasteiger partial charge on any atom is -0.461 e. The van der Waals surface area contributed by atoms with E-state index in [9.17, 15) is 29.1 Å². The van der Waals surface area contributed by atoms with Gasteiger partial charge in [0, 0.05) is 42.9 Å². The van der Waals surface area contributed by atoms with Gasteiger partial charge in [-0.05, 0) is 41.5 Å². The predicted octanol–water partition coefficient (Wildman–Crippen LogP) is 1.15. The lowest BCUT2D eigenvalue weighted by atomic mass is 10.2. The van der Waals surface area contributed by atoms with Crippen LogP contribution in [0.5, 0.6) is 0 Å². The smallest absolute Gasteiger partial charge is 0.407 e. The summed E-state index contributed by atoms with van der Waals surface area (Å²) in [7, 11) is 0. The number of esters is 3. The van der Waals surface area contributed by atoms with Crippen LogP contribution in [0.4, 0.5) is 9.59 Å². The van der Waals surface area contributed by atoms with Gasteiger partial charge in [-0.25, -0.2) is 24.0 Å². The van der Waals surface area contributed by atoms with Crippen molar-refractivity contribution >= 4 is 30.1 Å². The van der Waals surface area contributed by atoms with E-state index < -0.39 is 54.8 Å². The van der Waals surface area contributed by atoms with Crippen molar-refractivity contribution in [1.82, 2.24) is 20.9 Å². The van der Waals surface area contributed by atoms with Gasteiger partial charge in [-0.1, -0.05) is 19.7 Å². The number of hydrogen-bond acceptors (Lipinski definition) is 14. The summed E-state index contributed by atoms with van der Waals surface area (Å²) >= 11 is 0. The Labute approximate surface area is 270 Å². The van der Waals surface area contributed by atoms with Crippen molar-refractivity contribution in [2.45, 2.75) is 66.3 Å². The van der Waals surface area contributed by atoms with Crippen molar-refractivity contribution in [3.63, 3.8) is 0 Å². The molecule has 0 aliphatic heterocycles. The topological polar surface area (TPSA) is 200 Å². The molecule has 4 unspecified atom stereocenters. The third-order valence-electron chi connectivity index (χ3n) is 5.43. The maximum atomic E-state index is 12.2. The molecule has 16 nitrogen and oxygen atoms in total. The molecule has 2 amide bonds. The fraction of sp³-hybridized carbons (Fsp3) is 0.633. The molecule has 0 aromatic carbocycles. The van der Waals surface area contributed by atoms with E-state index >= 15 is 0 Å². The van der Waals surface area contributed by atoms with Gasteiger partial charge in [-0.15, -0.1) is 0 Å². The Morgan fingerprint density at radius 1 is 0.630 bits per heavy atom. The quantitative estimate of drug-likeness (QED) is 0.0400. The van der Waals surface area contributed by atoms with Gasteiger partial charge in [0.2, 0.25) is 6.41 Å². The molecule has 0 heterocycles. The minimum atomic E-state index is -1.38. The summed E-state index contributed by atoms with van der Waals surface area (Å²) in [5, 5.41) is 17.9. The fourth-order valence-corrected chi connectivity index (χ4v) is 3.44. The van der Waals surface area contributed by atoms with Crippen molar-refractivity contribution in [2.24, 2.45) is 0 Å². The van der Waals surface area contributed by atoms with Gasteiger partial charge in [-0.2, -0.15) is 0 Å². The van der Waals surface area contributed by atoms with Crippen molar-refractivity contribution < 1.29 is 57.5 Å². The van der Waals surface area contributed by atoms with Gasteiger partial charge in [0.05, 0.1) is 19.2 Å². The Bertz CT molecular complexity index is 995. The van der Waals surface area contributed by atoms with E-state index in [1.54, 1.807) is 20.8 Å². The van der Waals surface area contributed by atoms with Crippen LogP contribution in [0.25, 0.3) is 0 Å². The first-order chi connectivity index (χ1) is 21.5. The summed E-state index contributed by atoms with van der Waals surface area (Å²) in [6, 6.07) is 0. The van der Waals surface area contributed by atoms with Crippen molar-refractivity contribution in [1.29, 1.82) is 0 Å². The monoisotopic (exact) mass is 658 g/mol. The molecule has 0 aliphatic rings. The molecule has 0 bridgehead atoms. The zero-order valence-electron chi connectivity index (χ0n) is 27.7. The molecular weight excluding hydrogens is 608 g/mol. The molecule has 4 atom stereocenters. The molecule has 0 aromatic heterocycles. The average molecular weight is 659 g/mol. The standard InChI is InChI=1S/C30H50N4O12/c1-19(2)25(35)41-13-10-31-28(38)44-22(7)16-34(17-23(8)45-29(39)32-11-14-42-26(36)20(3)4)18-24(9)46-30(40)33-12-15-43-27(37)21(5)6/h22-24,28,31,38H,1,3,5,10-18H2,2,4,6-9H3,(H,32,39)(H,33,40). The predicted molar refractivity (Wildman–Crippen MR) is 166 cm³/mol. The molecule has 0 aliphatic carbocycles. The molecule has 0 radical (unpaired) electrons. The van der Waals surface area contributed by atoms with E-state index in [1.807, 2.05) is 4.90 Å². The number of aliphatic hydroxyl groups is 1. The zero-order chi connectivity index (χ0) is 35.2. The molecule has 0 saturated carbocycles. The van der Waals surface area contributed by atoms with Crippen LogP contribution in [0.3, 0.4) is 0 Å². The highest BCUT2D eigenvalue weighted by Crippen LogP contribution is 2.06. The first-order valence-electron chi connectivity index (χ1n) is 14.7. The van der Waals surface area contributed by atoms with E-state index in [4.69, 9.17) is 28.4 Å². The summed E-state index contributed by atoms with van der Waals surface area (Å²) in [5.74, 6) is -1.69. The first-order valence-corrected chi connectivity index (χ1v) is 14.7. The van der Waals surface area contributed by atoms with Gasteiger partial charge in [0.25, 0.3) is 0 Å². The van der Waals surface area contributed by atoms with Gasteiger partial charge in [0.15, 0.2) is 0 Å². The maximum absolute atomic E-state index is 12.2. The molecule has 0 saturated heterocycles. The Kier molecular flexibility index (Phi) is 21.3. The van der Waals surface area contributed by atoms with Crippen LogP contribution in [-0.4, -0.2) is 124 Å². The second-order valence-corrected chi connectivity index (χ2v) is 10.5. The molecule has 0 fully saturated rings. The number of ether oxygens (including phenoxy) is 6. The molecule has 4 N–H and O–H groups in total. The highest BCUT2D eigenvalue weighted by molar-refractivity contribution is 5.87. The number of rotatable bonds is 23. The van der Waals surface area contributed by atoms with Crippen molar-refractivity contribution in [3.8, 4) is 0 Å². The molecule has 0 aromatic rings. The SMILES string of the molecule is C=C(C)C(=O)OCCNC(=O)OC(C)CN(CC(C)OC(=O)NCCOC(=O)C(=C)C)CC(C)OC(O)NCCOC(=O)C(=C)C. The number of nitrogens with one attached hydrogen (secondary N) is 3. The van der Waals surface area contributed by atoms with Gasteiger partial charge < -0.3 is 44.2 Å². The summed E-state index contributed by atoms with van der Waals surface area (Å²) in [6.45, 7) is 20.7. The normalized spacial score (nSPS) is 13.3. The van der Waals surface area contributed by atoms with Crippen LogP contribution >= 0.6 is 0 Å². The van der Waals surface area contributed by atoms with Crippen LogP contribution in [0, 0.1) is 0 Å². The van der Waals surface area contributed by atoms with Gasteiger partial charge >= 0.3 is 30.1 Å². The fourth-order valence-electron chi connectivity index (χ4n) is 3.44. The molecule has 0 spiro atoms. The van der Waals surface area contributed by atoms with Crippen LogP contribution < -0.4 is 16.0 Å². The van der Waals surface area contributed by atoms with Crippen LogP contribution in [0.15, 0.2) is 36.5 Å². The van der Waals surface area contributed by atoms with E-state index in [2.05, 4.69) is 35.7 Å². The molecular formula is C30H50N4O12. The van der Waals surface area contributed by atoms with Crippen LogP contribution in [0.1, 0.15) is 41.5 Å². The lowest BCUT2D eigenvalue weighted by molar-refractivity contribution is -0.158. The summed E-state index contributed by atoms with van der Waals surface area (Å²) in [6.07, 6.45) is -4.68. The lowest BCUT2D eigenvalue weighted by Gasteiger charge is -2.31. The highest BCUT2D eigenvalue weighted by Gasteiger charge is 2.22. The summed E-state index contributed by atoms with van der Waals surface area (Å²) in [4.78, 5) is 60.6. The number of amides is 2. The Hall–Kier alpha value is -3.99. The van der Waals surface area contributed by atoms with Gasteiger partial charge in [-0.3, -0.25) is 10.2 Å². The Morgan fingerprint density at radius 3 is 1.35 bits per heavy atom. The molecule has 46 heavy (non-hydrogen) atoms. The molecule has 0 rings (SSSR count). The highest BCUT2D eigenvalue weighted by atomic mass is 16.6. The summed E-state index contributed by atoms with van der Waals surface area (Å²) in [5.41, 5.74) is 0.730. The van der Waals surface area contributed by atoms with Crippen molar-refractivity contribution in [3.05, 3.63) is 36.5 Å². The number of carbonyl (C=O) groups is 5. The average Bonchev–Trinajstić information content (AvgIpc) is 2.94. The second-order valence-electron chi connectivity index (χ2n) is 10.5. The first kappa shape index (κ1) is 42.0. The third kappa shape index (κ3) is 21.7. The van der Waals surface area contributed by atoms with Crippen LogP contribution in [0.2, 0.25) is 0 Å². The van der Waals surface area contributed by atoms with E-state index in [0.717, 1.165) is 0 Å². The maximum Gasteiger partial charge on any atom is 0.407 e. The number of carbonyl (C=O) groups excluding carboxylic acids is 5. The third-order valence-corrected chi connectivity index (χ3v) is 5.43. The Morgan fingerprint density at radius 2 is 0.978 bits per heavy atom. The van der Waals surface area contributed by atoms with E-state index in [1.165, 1.54) is 20.8 Å².